The van der Waals surface area contributed by atoms with Crippen LogP contribution in [0.3, 0.4) is 0 Å². The molecule has 2 saturated heterocycles. The third-order valence-corrected chi connectivity index (χ3v) is 7.61. The zero-order valence-corrected chi connectivity index (χ0v) is 14.8. The van der Waals surface area contributed by atoms with E-state index >= 15 is 0 Å². The van der Waals surface area contributed by atoms with Crippen LogP contribution in [0.5, 0.6) is 0 Å². The molecule has 0 bridgehead atoms. The molecule has 0 aromatic carbocycles. The lowest BCUT2D eigenvalue weighted by atomic mass is 9.93. The van der Waals surface area contributed by atoms with Gasteiger partial charge in [-0.25, -0.2) is 8.42 Å². The van der Waals surface area contributed by atoms with Gasteiger partial charge in [0.25, 0.3) is 0 Å². The topological polar surface area (TPSA) is 69.9 Å². The Morgan fingerprint density at radius 2 is 1.58 bits per heavy atom. The molecule has 0 atom stereocenters. The third kappa shape index (κ3) is 3.12. The van der Waals surface area contributed by atoms with Crippen LogP contribution in [-0.4, -0.2) is 79.0 Å². The minimum absolute atomic E-state index is 0.156. The van der Waals surface area contributed by atoms with Gasteiger partial charge in [0, 0.05) is 51.4 Å². The van der Waals surface area contributed by atoms with E-state index in [0.717, 1.165) is 32.2 Å². The molecule has 3 fully saturated rings. The zero-order valence-electron chi connectivity index (χ0n) is 14.0. The van der Waals surface area contributed by atoms with Crippen molar-refractivity contribution in [2.45, 2.75) is 49.1 Å². The van der Waals surface area contributed by atoms with Crippen molar-refractivity contribution in [1.82, 2.24) is 19.3 Å². The van der Waals surface area contributed by atoms with Gasteiger partial charge in [0.2, 0.25) is 10.0 Å². The van der Waals surface area contributed by atoms with Crippen LogP contribution in [0.4, 0.5) is 0 Å². The fraction of sp³-hybridized carbons (Fsp3) is 0.812. The van der Waals surface area contributed by atoms with E-state index in [1.165, 1.54) is 48.9 Å². The second-order valence-electron chi connectivity index (χ2n) is 7.20. The molecule has 8 heteroatoms. The minimum atomic E-state index is -3.42. The summed E-state index contributed by atoms with van der Waals surface area (Å²) >= 11 is 0. The Morgan fingerprint density at radius 1 is 0.958 bits per heavy atom. The van der Waals surface area contributed by atoms with Crippen LogP contribution >= 0.6 is 0 Å². The Morgan fingerprint density at radius 3 is 2.17 bits per heavy atom. The molecule has 1 aliphatic carbocycles. The highest BCUT2D eigenvalue weighted by molar-refractivity contribution is 7.89. The summed E-state index contributed by atoms with van der Waals surface area (Å²) < 4.78 is 30.9. The van der Waals surface area contributed by atoms with Gasteiger partial charge in [-0.2, -0.15) is 4.31 Å². The molecule has 3 heterocycles. The van der Waals surface area contributed by atoms with E-state index in [4.69, 9.17) is 0 Å². The van der Waals surface area contributed by atoms with Crippen molar-refractivity contribution in [1.29, 1.82) is 0 Å². The number of hydrogen-bond donors (Lipinski definition) is 0. The largest absolute Gasteiger partial charge is 0.363 e. The van der Waals surface area contributed by atoms with Gasteiger partial charge < -0.3 is 4.52 Å². The van der Waals surface area contributed by atoms with Gasteiger partial charge in [0.1, 0.15) is 11.2 Å². The number of rotatable bonds is 4. The predicted octanol–water partition coefficient (Wildman–Crippen LogP) is 0.998. The second-order valence-corrected chi connectivity index (χ2v) is 9.14. The zero-order chi connectivity index (χ0) is 16.6. The van der Waals surface area contributed by atoms with Crippen LogP contribution < -0.4 is 0 Å². The molecule has 0 amide bonds. The monoisotopic (exact) mass is 354 g/mol. The maximum atomic E-state index is 12.4. The van der Waals surface area contributed by atoms with E-state index in [1.807, 2.05) is 0 Å². The van der Waals surface area contributed by atoms with Crippen LogP contribution in [0.15, 0.2) is 21.9 Å². The van der Waals surface area contributed by atoms with Gasteiger partial charge in [-0.15, -0.1) is 0 Å². The van der Waals surface area contributed by atoms with Crippen LogP contribution in [0.1, 0.15) is 32.1 Å². The molecule has 0 radical (unpaired) electrons. The van der Waals surface area contributed by atoms with Gasteiger partial charge in [-0.1, -0.05) is 24.4 Å². The van der Waals surface area contributed by atoms with Crippen molar-refractivity contribution in [3.8, 4) is 0 Å². The Labute approximate surface area is 143 Å². The van der Waals surface area contributed by atoms with E-state index in [2.05, 4.69) is 19.5 Å². The van der Waals surface area contributed by atoms with Crippen molar-refractivity contribution in [3.63, 3.8) is 0 Å². The van der Waals surface area contributed by atoms with Crippen molar-refractivity contribution in [2.75, 3.05) is 39.3 Å². The van der Waals surface area contributed by atoms with Crippen LogP contribution in [0, 0.1) is 0 Å². The molecule has 1 aromatic rings. The normalized spacial score (nSPS) is 26.5. The van der Waals surface area contributed by atoms with Gasteiger partial charge >= 0.3 is 0 Å². The summed E-state index contributed by atoms with van der Waals surface area (Å²) in [4.78, 5) is 5.27. The first-order chi connectivity index (χ1) is 11.6. The molecule has 1 saturated carbocycles. The molecule has 0 N–H and O–H groups in total. The average molecular weight is 354 g/mol. The molecule has 0 unspecified atom stereocenters. The minimum Gasteiger partial charge on any atom is -0.363 e. The lowest BCUT2D eigenvalue weighted by Crippen LogP contribution is -2.64. The number of hydrogen-bond acceptors (Lipinski definition) is 6. The van der Waals surface area contributed by atoms with E-state index in [1.54, 1.807) is 0 Å². The quantitative estimate of drug-likeness (QED) is 0.803. The Hall–Kier alpha value is -0.960. The highest BCUT2D eigenvalue weighted by atomic mass is 32.2. The molecular weight excluding hydrogens is 328 g/mol. The van der Waals surface area contributed by atoms with Crippen LogP contribution in [0.2, 0.25) is 0 Å². The smallest absolute Gasteiger partial charge is 0.248 e. The first-order valence-corrected chi connectivity index (χ1v) is 10.5. The van der Waals surface area contributed by atoms with Crippen molar-refractivity contribution in [3.05, 3.63) is 12.5 Å². The molecule has 0 spiro atoms. The molecule has 4 rings (SSSR count). The first-order valence-electron chi connectivity index (χ1n) is 9.02. The summed E-state index contributed by atoms with van der Waals surface area (Å²) in [7, 11) is -3.42. The lowest BCUT2D eigenvalue weighted by molar-refractivity contribution is 0.0202. The van der Waals surface area contributed by atoms with Crippen molar-refractivity contribution >= 4 is 10.0 Å². The molecule has 134 valence electrons. The fourth-order valence-corrected chi connectivity index (χ4v) is 5.61. The van der Waals surface area contributed by atoms with E-state index in [9.17, 15) is 8.42 Å². The van der Waals surface area contributed by atoms with Crippen molar-refractivity contribution < 1.29 is 12.9 Å². The standard InChI is InChI=1S/C16H26N4O3S/c21-24(22,16-10-17-23-13-16)20-11-15(12-20)19-8-6-18(7-9-19)14-4-2-1-3-5-14/h10,13-15H,1-9,11-12H2. The predicted molar refractivity (Wildman–Crippen MR) is 89.1 cm³/mol. The van der Waals surface area contributed by atoms with E-state index < -0.39 is 10.0 Å². The molecule has 24 heavy (non-hydrogen) atoms. The summed E-state index contributed by atoms with van der Waals surface area (Å²) in [5.41, 5.74) is 0. The van der Waals surface area contributed by atoms with Crippen LogP contribution in [0.25, 0.3) is 0 Å². The number of aromatic nitrogens is 1. The first kappa shape index (κ1) is 16.5. The van der Waals surface area contributed by atoms with E-state index in [0.29, 0.717) is 19.1 Å². The van der Waals surface area contributed by atoms with Crippen molar-refractivity contribution in [2.24, 2.45) is 0 Å². The Kier molecular flexibility index (Phi) is 4.64. The van der Waals surface area contributed by atoms with Crippen LogP contribution in [-0.2, 0) is 10.0 Å². The Bertz CT molecular complexity index is 628. The maximum absolute atomic E-state index is 12.4. The second kappa shape index (κ2) is 6.74. The summed E-state index contributed by atoms with van der Waals surface area (Å²) in [5, 5.41) is 3.49. The molecule has 1 aromatic heterocycles. The summed E-state index contributed by atoms with van der Waals surface area (Å²) in [6, 6.07) is 1.14. The molecular formula is C16H26N4O3S. The molecule has 7 nitrogen and oxygen atoms in total. The average Bonchev–Trinajstić information content (AvgIpc) is 3.10. The fourth-order valence-electron chi connectivity index (χ4n) is 4.23. The number of piperazine rings is 1. The Balaban J connectivity index is 1.26. The summed E-state index contributed by atoms with van der Waals surface area (Å²) in [6.07, 6.45) is 9.33. The van der Waals surface area contributed by atoms with Gasteiger partial charge in [0.05, 0.1) is 6.20 Å². The number of nitrogens with zero attached hydrogens (tertiary/aromatic N) is 4. The number of sulfonamides is 1. The third-order valence-electron chi connectivity index (χ3n) is 5.83. The maximum Gasteiger partial charge on any atom is 0.248 e. The van der Waals surface area contributed by atoms with E-state index in [-0.39, 0.29) is 4.90 Å². The molecule has 2 aliphatic heterocycles. The highest BCUT2D eigenvalue weighted by Gasteiger charge is 2.41. The summed E-state index contributed by atoms with van der Waals surface area (Å²) in [6.45, 7) is 5.53. The summed E-state index contributed by atoms with van der Waals surface area (Å²) in [5.74, 6) is 0. The van der Waals surface area contributed by atoms with Gasteiger partial charge in [-0.3, -0.25) is 9.80 Å². The molecule has 3 aliphatic rings. The highest BCUT2D eigenvalue weighted by Crippen LogP contribution is 2.27. The lowest BCUT2D eigenvalue weighted by Gasteiger charge is -2.48. The van der Waals surface area contributed by atoms with Gasteiger partial charge in [-0.05, 0) is 12.8 Å². The van der Waals surface area contributed by atoms with Gasteiger partial charge in [0.15, 0.2) is 0 Å². The SMILES string of the molecule is O=S(=O)(c1cnoc1)N1CC(N2CCN(C3CCCCC3)CC2)C1.